The van der Waals surface area contributed by atoms with Crippen molar-refractivity contribution < 1.29 is 4.79 Å². The highest BCUT2D eigenvalue weighted by atomic mass is 16.2. The number of benzene rings is 1. The molecule has 2 rings (SSSR count). The van der Waals surface area contributed by atoms with Gasteiger partial charge in [-0.25, -0.2) is 0 Å². The van der Waals surface area contributed by atoms with Gasteiger partial charge in [-0.3, -0.25) is 4.79 Å². The zero-order valence-corrected chi connectivity index (χ0v) is 14.1. The van der Waals surface area contributed by atoms with E-state index in [1.165, 1.54) is 24.8 Å². The number of amides is 1. The molecule has 0 radical (unpaired) electrons. The largest absolute Gasteiger partial charge is 0.352 e. The molecule has 1 amide bonds. The number of hydrogen-bond donors (Lipinski definition) is 2. The van der Waals surface area contributed by atoms with E-state index in [1.807, 2.05) is 6.07 Å². The smallest absolute Gasteiger partial charge is 0.234 e. The topological polar surface area (TPSA) is 41.1 Å². The van der Waals surface area contributed by atoms with Crippen molar-refractivity contribution in [3.8, 4) is 0 Å². The second-order valence-corrected chi connectivity index (χ2v) is 6.95. The SMILES string of the molecule is CC(C)[C@@H](NCC(=O)N[C@@H]1CCCC[C@@H]1C)c1ccccc1. The van der Waals surface area contributed by atoms with E-state index in [-0.39, 0.29) is 11.9 Å². The Morgan fingerprint density at radius 3 is 2.50 bits per heavy atom. The first-order valence-corrected chi connectivity index (χ1v) is 8.65. The third-order valence-corrected chi connectivity index (χ3v) is 4.77. The molecule has 3 nitrogen and oxygen atoms in total. The molecule has 1 saturated carbocycles. The van der Waals surface area contributed by atoms with E-state index in [4.69, 9.17) is 0 Å². The van der Waals surface area contributed by atoms with Crippen LogP contribution >= 0.6 is 0 Å². The number of hydrogen-bond acceptors (Lipinski definition) is 2. The lowest BCUT2D eigenvalue weighted by molar-refractivity contribution is -0.121. The standard InChI is InChI=1S/C19H30N2O/c1-14(2)19(16-10-5-4-6-11-16)20-13-18(22)21-17-12-8-7-9-15(17)3/h4-6,10-11,14-15,17,19-20H,7-9,12-13H2,1-3H3,(H,21,22)/t15-,17+,19+/m0/s1. The summed E-state index contributed by atoms with van der Waals surface area (Å²) in [6.45, 7) is 7.01. The van der Waals surface area contributed by atoms with Crippen molar-refractivity contribution in [2.75, 3.05) is 6.54 Å². The van der Waals surface area contributed by atoms with Crippen LogP contribution in [0.15, 0.2) is 30.3 Å². The van der Waals surface area contributed by atoms with Crippen LogP contribution in [0.2, 0.25) is 0 Å². The predicted octanol–water partition coefficient (Wildman–Crippen LogP) is 3.67. The van der Waals surface area contributed by atoms with E-state index < -0.39 is 0 Å². The van der Waals surface area contributed by atoms with Gasteiger partial charge in [-0.05, 0) is 30.2 Å². The Balaban J connectivity index is 1.85. The zero-order chi connectivity index (χ0) is 15.9. The fourth-order valence-corrected chi connectivity index (χ4v) is 3.39. The zero-order valence-electron chi connectivity index (χ0n) is 14.1. The Kier molecular flexibility index (Phi) is 6.44. The molecule has 1 aromatic rings. The van der Waals surface area contributed by atoms with E-state index >= 15 is 0 Å². The van der Waals surface area contributed by atoms with Crippen molar-refractivity contribution in [1.82, 2.24) is 10.6 Å². The number of rotatable bonds is 6. The maximum absolute atomic E-state index is 12.2. The first-order valence-electron chi connectivity index (χ1n) is 8.65. The normalized spacial score (nSPS) is 23.3. The molecule has 0 spiro atoms. The fourth-order valence-electron chi connectivity index (χ4n) is 3.39. The molecule has 0 aromatic heterocycles. The van der Waals surface area contributed by atoms with Crippen LogP contribution in [0.3, 0.4) is 0 Å². The van der Waals surface area contributed by atoms with E-state index in [0.717, 1.165) is 6.42 Å². The minimum atomic E-state index is 0.125. The lowest BCUT2D eigenvalue weighted by Gasteiger charge is -2.30. The van der Waals surface area contributed by atoms with Crippen molar-refractivity contribution in [1.29, 1.82) is 0 Å². The summed E-state index contributed by atoms with van der Waals surface area (Å²) in [5.74, 6) is 1.18. The average molecular weight is 302 g/mol. The van der Waals surface area contributed by atoms with E-state index in [0.29, 0.717) is 24.4 Å². The molecule has 1 aliphatic rings. The minimum Gasteiger partial charge on any atom is -0.352 e. The molecule has 122 valence electrons. The molecule has 3 atom stereocenters. The summed E-state index contributed by atoms with van der Waals surface area (Å²) in [6.07, 6.45) is 4.90. The number of carbonyl (C=O) groups is 1. The van der Waals surface area contributed by atoms with Gasteiger partial charge in [-0.15, -0.1) is 0 Å². The highest BCUT2D eigenvalue weighted by Crippen LogP contribution is 2.24. The molecule has 2 N–H and O–H groups in total. The fraction of sp³-hybridized carbons (Fsp3) is 0.632. The molecule has 0 heterocycles. The monoisotopic (exact) mass is 302 g/mol. The second-order valence-electron chi connectivity index (χ2n) is 6.95. The lowest BCUT2D eigenvalue weighted by atomic mass is 9.86. The number of nitrogens with one attached hydrogen (secondary N) is 2. The molecule has 1 aliphatic carbocycles. The molecule has 3 heteroatoms. The first kappa shape index (κ1) is 17.0. The minimum absolute atomic E-state index is 0.125. The van der Waals surface area contributed by atoms with E-state index in [1.54, 1.807) is 0 Å². The molecular formula is C19H30N2O. The van der Waals surface area contributed by atoms with Crippen LogP contribution in [0.25, 0.3) is 0 Å². The summed E-state index contributed by atoms with van der Waals surface area (Å²) >= 11 is 0. The van der Waals surface area contributed by atoms with Crippen LogP contribution < -0.4 is 10.6 Å². The van der Waals surface area contributed by atoms with Gasteiger partial charge in [0.05, 0.1) is 6.54 Å². The van der Waals surface area contributed by atoms with Crippen molar-refractivity contribution in [2.45, 2.75) is 58.5 Å². The van der Waals surface area contributed by atoms with Gasteiger partial charge in [-0.1, -0.05) is 63.9 Å². The van der Waals surface area contributed by atoms with E-state index in [9.17, 15) is 4.79 Å². The van der Waals surface area contributed by atoms with E-state index in [2.05, 4.69) is 55.7 Å². The molecule has 0 aliphatic heterocycles. The van der Waals surface area contributed by atoms with Crippen LogP contribution in [0.5, 0.6) is 0 Å². The Bertz CT molecular complexity index is 458. The molecule has 0 bridgehead atoms. The van der Waals surface area contributed by atoms with Gasteiger partial charge in [-0.2, -0.15) is 0 Å². The lowest BCUT2D eigenvalue weighted by Crippen LogP contribution is -2.45. The summed E-state index contributed by atoms with van der Waals surface area (Å²) in [5.41, 5.74) is 1.25. The predicted molar refractivity (Wildman–Crippen MR) is 91.6 cm³/mol. The van der Waals surface area contributed by atoms with Gasteiger partial charge in [0.15, 0.2) is 0 Å². The third kappa shape index (κ3) is 4.84. The molecule has 22 heavy (non-hydrogen) atoms. The molecule has 0 saturated heterocycles. The maximum Gasteiger partial charge on any atom is 0.234 e. The summed E-state index contributed by atoms with van der Waals surface area (Å²) in [7, 11) is 0. The third-order valence-electron chi connectivity index (χ3n) is 4.77. The second kappa shape index (κ2) is 8.33. The number of carbonyl (C=O) groups excluding carboxylic acids is 1. The average Bonchev–Trinajstić information content (AvgIpc) is 2.50. The molecule has 0 unspecified atom stereocenters. The summed E-state index contributed by atoms with van der Waals surface area (Å²) in [6, 6.07) is 11.0. The van der Waals surface area contributed by atoms with Gasteiger partial charge in [0, 0.05) is 12.1 Å². The van der Waals surface area contributed by atoms with Gasteiger partial charge in [0.1, 0.15) is 0 Å². The molecular weight excluding hydrogens is 272 g/mol. The highest BCUT2D eigenvalue weighted by Gasteiger charge is 2.23. The highest BCUT2D eigenvalue weighted by molar-refractivity contribution is 5.78. The Morgan fingerprint density at radius 1 is 1.18 bits per heavy atom. The van der Waals surface area contributed by atoms with Crippen molar-refractivity contribution in [2.24, 2.45) is 11.8 Å². The van der Waals surface area contributed by atoms with Gasteiger partial charge in [0.2, 0.25) is 5.91 Å². The van der Waals surface area contributed by atoms with Crippen molar-refractivity contribution in [3.05, 3.63) is 35.9 Å². The van der Waals surface area contributed by atoms with Crippen LogP contribution in [0.4, 0.5) is 0 Å². The van der Waals surface area contributed by atoms with Crippen molar-refractivity contribution >= 4 is 5.91 Å². The van der Waals surface area contributed by atoms with Gasteiger partial charge < -0.3 is 10.6 Å². The Hall–Kier alpha value is -1.35. The quantitative estimate of drug-likeness (QED) is 0.842. The molecule has 1 aromatic carbocycles. The van der Waals surface area contributed by atoms with Crippen LogP contribution in [-0.2, 0) is 4.79 Å². The summed E-state index contributed by atoms with van der Waals surface area (Å²) < 4.78 is 0. The van der Waals surface area contributed by atoms with Crippen LogP contribution in [0.1, 0.15) is 58.1 Å². The van der Waals surface area contributed by atoms with Crippen molar-refractivity contribution in [3.63, 3.8) is 0 Å². The van der Waals surface area contributed by atoms with Gasteiger partial charge >= 0.3 is 0 Å². The maximum atomic E-state index is 12.2. The Morgan fingerprint density at radius 2 is 1.86 bits per heavy atom. The van der Waals surface area contributed by atoms with Crippen LogP contribution in [0, 0.1) is 11.8 Å². The molecule has 1 fully saturated rings. The van der Waals surface area contributed by atoms with Crippen LogP contribution in [-0.4, -0.2) is 18.5 Å². The summed E-state index contributed by atoms with van der Waals surface area (Å²) in [5, 5.41) is 6.64. The van der Waals surface area contributed by atoms with Gasteiger partial charge in [0.25, 0.3) is 0 Å². The Labute approximate surface area is 134 Å². The summed E-state index contributed by atoms with van der Waals surface area (Å²) in [4.78, 5) is 12.2. The first-order chi connectivity index (χ1) is 10.6.